The van der Waals surface area contributed by atoms with Gasteiger partial charge in [-0.1, -0.05) is 18.2 Å². The summed E-state index contributed by atoms with van der Waals surface area (Å²) in [6.07, 6.45) is 1.03. The second-order valence-corrected chi connectivity index (χ2v) is 4.02. The number of hydrogen-bond donors (Lipinski definition) is 2. The summed E-state index contributed by atoms with van der Waals surface area (Å²) < 4.78 is 0. The van der Waals surface area contributed by atoms with Crippen molar-refractivity contribution < 1.29 is 4.79 Å². The molecule has 0 aromatic heterocycles. The highest BCUT2D eigenvalue weighted by Crippen LogP contribution is 2.12. The van der Waals surface area contributed by atoms with Crippen LogP contribution in [0, 0.1) is 0 Å². The number of carbonyl (C=O) groups is 1. The highest BCUT2D eigenvalue weighted by Gasteiger charge is 2.24. The van der Waals surface area contributed by atoms with E-state index in [2.05, 4.69) is 10.6 Å². The lowest BCUT2D eigenvalue weighted by Gasteiger charge is -2.17. The molecule has 0 unspecified atom stereocenters. The van der Waals surface area contributed by atoms with Crippen LogP contribution in [0.1, 0.15) is 6.42 Å². The van der Waals surface area contributed by atoms with E-state index in [9.17, 15) is 4.79 Å². The van der Waals surface area contributed by atoms with Crippen LogP contribution in [0.4, 0.5) is 10.5 Å². The smallest absolute Gasteiger partial charge is 0.321 e. The number of likely N-dealkylation sites (N-methyl/N-ethyl adjacent to an activating group) is 1. The maximum Gasteiger partial charge on any atom is 0.321 e. The van der Waals surface area contributed by atoms with Gasteiger partial charge in [0.15, 0.2) is 0 Å². The zero-order valence-electron chi connectivity index (χ0n) is 9.44. The highest BCUT2D eigenvalue weighted by molar-refractivity contribution is 5.89. The maximum atomic E-state index is 11.9. The fourth-order valence-corrected chi connectivity index (χ4v) is 1.90. The Bertz CT molecular complexity index is 353. The van der Waals surface area contributed by atoms with Gasteiger partial charge < -0.3 is 15.5 Å². The average Bonchev–Trinajstić information content (AvgIpc) is 2.79. The first kappa shape index (κ1) is 11.0. The number of para-hydroxylation sites is 1. The van der Waals surface area contributed by atoms with Crippen LogP contribution >= 0.6 is 0 Å². The molecule has 0 aliphatic carbocycles. The molecular weight excluding hydrogens is 202 g/mol. The van der Waals surface area contributed by atoms with Crippen LogP contribution in [0.25, 0.3) is 0 Å². The summed E-state index contributed by atoms with van der Waals surface area (Å²) in [5, 5.41) is 6.08. The van der Waals surface area contributed by atoms with Gasteiger partial charge >= 0.3 is 6.03 Å². The van der Waals surface area contributed by atoms with Crippen molar-refractivity contribution >= 4 is 11.7 Å². The lowest BCUT2D eigenvalue weighted by Crippen LogP contribution is -2.36. The topological polar surface area (TPSA) is 44.4 Å². The molecule has 2 amide bonds. The Kier molecular flexibility index (Phi) is 3.41. The Hall–Kier alpha value is -1.55. The Balaban J connectivity index is 1.90. The summed E-state index contributed by atoms with van der Waals surface area (Å²) in [6, 6.07) is 9.96. The zero-order chi connectivity index (χ0) is 11.4. The number of hydrogen-bond acceptors (Lipinski definition) is 2. The molecule has 2 N–H and O–H groups in total. The lowest BCUT2D eigenvalue weighted by molar-refractivity contribution is 0.221. The normalized spacial score (nSPS) is 19.8. The van der Waals surface area contributed by atoms with E-state index in [0.717, 1.165) is 25.2 Å². The van der Waals surface area contributed by atoms with Gasteiger partial charge in [-0.2, -0.15) is 0 Å². The Morgan fingerprint density at radius 1 is 1.38 bits per heavy atom. The minimum Gasteiger partial charge on any atom is -0.323 e. The minimum atomic E-state index is -0.0102. The number of rotatable bonds is 2. The van der Waals surface area contributed by atoms with Crippen molar-refractivity contribution in [3.63, 3.8) is 0 Å². The Labute approximate surface area is 95.6 Å². The number of nitrogens with zero attached hydrogens (tertiary/aromatic N) is 1. The lowest BCUT2D eigenvalue weighted by atomic mass is 10.3. The van der Waals surface area contributed by atoms with Crippen molar-refractivity contribution in [2.75, 3.05) is 25.5 Å². The molecule has 0 radical (unpaired) electrons. The summed E-state index contributed by atoms with van der Waals surface area (Å²) in [4.78, 5) is 13.7. The van der Waals surface area contributed by atoms with Crippen LogP contribution in [0.3, 0.4) is 0 Å². The molecule has 1 aromatic carbocycles. The molecule has 0 bridgehead atoms. The number of nitrogens with one attached hydrogen (secondary N) is 2. The van der Waals surface area contributed by atoms with Gasteiger partial charge in [-0.05, 0) is 25.6 Å². The van der Waals surface area contributed by atoms with Gasteiger partial charge in [0.1, 0.15) is 0 Å². The van der Waals surface area contributed by atoms with Crippen molar-refractivity contribution in [1.82, 2.24) is 10.2 Å². The summed E-state index contributed by atoms with van der Waals surface area (Å²) >= 11 is 0. The van der Waals surface area contributed by atoms with E-state index in [1.165, 1.54) is 0 Å². The number of amides is 2. The van der Waals surface area contributed by atoms with Crippen LogP contribution < -0.4 is 10.6 Å². The third-order valence-electron chi connectivity index (χ3n) is 2.91. The van der Waals surface area contributed by atoms with E-state index in [-0.39, 0.29) is 6.03 Å². The third kappa shape index (κ3) is 2.52. The van der Waals surface area contributed by atoms with E-state index in [1.54, 1.807) is 0 Å². The van der Waals surface area contributed by atoms with Gasteiger partial charge in [0.2, 0.25) is 0 Å². The van der Waals surface area contributed by atoms with E-state index in [4.69, 9.17) is 0 Å². The molecule has 1 fully saturated rings. The number of urea groups is 1. The molecule has 1 aliphatic heterocycles. The van der Waals surface area contributed by atoms with E-state index in [0.29, 0.717) is 6.04 Å². The standard InChI is InChI=1S/C12H17N3O/c1-13-11-7-8-15(9-11)12(16)14-10-5-3-2-4-6-10/h2-6,11,13H,7-9H2,1H3,(H,14,16)/t11-/m1/s1. The Morgan fingerprint density at radius 3 is 2.75 bits per heavy atom. The molecule has 1 saturated heterocycles. The zero-order valence-corrected chi connectivity index (χ0v) is 9.44. The fourth-order valence-electron chi connectivity index (χ4n) is 1.90. The van der Waals surface area contributed by atoms with E-state index in [1.807, 2.05) is 42.3 Å². The maximum absolute atomic E-state index is 11.9. The first-order valence-electron chi connectivity index (χ1n) is 5.58. The van der Waals surface area contributed by atoms with Crippen molar-refractivity contribution in [2.45, 2.75) is 12.5 Å². The molecule has 1 aliphatic rings. The summed E-state index contributed by atoms with van der Waals surface area (Å²) in [5.41, 5.74) is 0.848. The molecule has 86 valence electrons. The predicted octanol–water partition coefficient (Wildman–Crippen LogP) is 1.51. The predicted molar refractivity (Wildman–Crippen MR) is 64.5 cm³/mol. The van der Waals surface area contributed by atoms with Crippen molar-refractivity contribution in [1.29, 1.82) is 0 Å². The first-order chi connectivity index (χ1) is 7.79. The Morgan fingerprint density at radius 2 is 2.12 bits per heavy atom. The molecule has 0 spiro atoms. The number of likely N-dealkylation sites (tertiary alicyclic amines) is 1. The molecule has 4 heteroatoms. The fraction of sp³-hybridized carbons (Fsp3) is 0.417. The molecule has 4 nitrogen and oxygen atoms in total. The molecule has 1 heterocycles. The van der Waals surface area contributed by atoms with Crippen LogP contribution in [0.5, 0.6) is 0 Å². The summed E-state index contributed by atoms with van der Waals surface area (Å²) in [6.45, 7) is 1.61. The van der Waals surface area contributed by atoms with Gasteiger partial charge in [-0.15, -0.1) is 0 Å². The van der Waals surface area contributed by atoms with E-state index < -0.39 is 0 Å². The number of benzene rings is 1. The summed E-state index contributed by atoms with van der Waals surface area (Å²) in [7, 11) is 1.93. The average molecular weight is 219 g/mol. The van der Waals surface area contributed by atoms with Crippen molar-refractivity contribution in [2.24, 2.45) is 0 Å². The summed E-state index contributed by atoms with van der Waals surface area (Å²) in [5.74, 6) is 0. The first-order valence-corrected chi connectivity index (χ1v) is 5.58. The van der Waals surface area contributed by atoms with Gasteiger partial charge in [0.25, 0.3) is 0 Å². The van der Waals surface area contributed by atoms with Gasteiger partial charge in [-0.3, -0.25) is 0 Å². The molecule has 16 heavy (non-hydrogen) atoms. The molecular formula is C12H17N3O. The third-order valence-corrected chi connectivity index (χ3v) is 2.91. The number of carbonyl (C=O) groups excluding carboxylic acids is 1. The minimum absolute atomic E-state index is 0.0102. The van der Waals surface area contributed by atoms with E-state index >= 15 is 0 Å². The van der Waals surface area contributed by atoms with Crippen LogP contribution in [0.2, 0.25) is 0 Å². The SMILES string of the molecule is CN[C@@H]1CCN(C(=O)Nc2ccccc2)C1. The quantitative estimate of drug-likeness (QED) is 0.792. The van der Waals surface area contributed by atoms with Gasteiger partial charge in [0.05, 0.1) is 0 Å². The molecule has 1 atom stereocenters. The van der Waals surface area contributed by atoms with Crippen LogP contribution in [-0.2, 0) is 0 Å². The molecule has 0 saturated carbocycles. The highest BCUT2D eigenvalue weighted by atomic mass is 16.2. The second kappa shape index (κ2) is 4.99. The van der Waals surface area contributed by atoms with Crippen molar-refractivity contribution in [3.8, 4) is 0 Å². The van der Waals surface area contributed by atoms with Crippen LogP contribution in [-0.4, -0.2) is 37.1 Å². The monoisotopic (exact) mass is 219 g/mol. The second-order valence-electron chi connectivity index (χ2n) is 4.02. The molecule has 1 aromatic rings. The van der Waals surface area contributed by atoms with Gasteiger partial charge in [0, 0.05) is 24.8 Å². The molecule has 2 rings (SSSR count). The number of anilines is 1. The van der Waals surface area contributed by atoms with Crippen molar-refractivity contribution in [3.05, 3.63) is 30.3 Å². The van der Waals surface area contributed by atoms with Gasteiger partial charge in [-0.25, -0.2) is 4.79 Å². The largest absolute Gasteiger partial charge is 0.323 e. The van der Waals surface area contributed by atoms with Crippen LogP contribution in [0.15, 0.2) is 30.3 Å².